The SMILES string of the molecule is Cc1cc(CCC(O)O)cc(F)c1C(F)(F)F. The van der Waals surface area contributed by atoms with Gasteiger partial charge in [-0.15, -0.1) is 0 Å². The van der Waals surface area contributed by atoms with Crippen molar-refractivity contribution < 1.29 is 27.8 Å². The average Bonchev–Trinajstić information content (AvgIpc) is 2.11. The monoisotopic (exact) mass is 252 g/mol. The van der Waals surface area contributed by atoms with E-state index in [0.717, 1.165) is 6.07 Å². The maximum atomic E-state index is 13.3. The Morgan fingerprint density at radius 2 is 1.82 bits per heavy atom. The van der Waals surface area contributed by atoms with E-state index < -0.39 is 23.8 Å². The van der Waals surface area contributed by atoms with Gasteiger partial charge in [-0.3, -0.25) is 0 Å². The molecule has 17 heavy (non-hydrogen) atoms. The molecule has 0 spiro atoms. The standard InChI is InChI=1S/C11H12F4O2/c1-6-4-7(2-3-9(16)17)5-8(12)10(6)11(13,14)15/h4-5,9,16-17H,2-3H2,1H3. The number of hydrogen-bond donors (Lipinski definition) is 2. The quantitative estimate of drug-likeness (QED) is 0.640. The molecular formula is C11H12F4O2. The summed E-state index contributed by atoms with van der Waals surface area (Å²) in [5, 5.41) is 17.2. The lowest BCUT2D eigenvalue weighted by Crippen LogP contribution is -2.12. The van der Waals surface area contributed by atoms with E-state index in [1.165, 1.54) is 13.0 Å². The van der Waals surface area contributed by atoms with Gasteiger partial charge in [0.2, 0.25) is 0 Å². The Labute approximate surface area is 95.5 Å². The van der Waals surface area contributed by atoms with Gasteiger partial charge < -0.3 is 10.2 Å². The van der Waals surface area contributed by atoms with Crippen LogP contribution in [0.25, 0.3) is 0 Å². The second-order valence-corrected chi connectivity index (χ2v) is 3.79. The molecule has 0 aliphatic heterocycles. The van der Waals surface area contributed by atoms with Crippen LogP contribution in [0, 0.1) is 12.7 Å². The minimum atomic E-state index is -4.72. The van der Waals surface area contributed by atoms with Crippen LogP contribution in [0.5, 0.6) is 0 Å². The van der Waals surface area contributed by atoms with Crippen molar-refractivity contribution in [2.24, 2.45) is 0 Å². The highest BCUT2D eigenvalue weighted by molar-refractivity contribution is 5.34. The lowest BCUT2D eigenvalue weighted by molar-refractivity contribution is -0.140. The average molecular weight is 252 g/mol. The fourth-order valence-corrected chi connectivity index (χ4v) is 1.61. The summed E-state index contributed by atoms with van der Waals surface area (Å²) in [5.41, 5.74) is -1.17. The van der Waals surface area contributed by atoms with Crippen LogP contribution in [0.1, 0.15) is 23.1 Å². The van der Waals surface area contributed by atoms with E-state index in [0.29, 0.717) is 5.56 Å². The third-order valence-electron chi connectivity index (χ3n) is 2.32. The molecule has 0 fully saturated rings. The second kappa shape index (κ2) is 5.01. The number of benzene rings is 1. The minimum Gasteiger partial charge on any atom is -0.368 e. The smallest absolute Gasteiger partial charge is 0.368 e. The van der Waals surface area contributed by atoms with E-state index in [2.05, 4.69) is 0 Å². The molecule has 0 saturated heterocycles. The summed E-state index contributed by atoms with van der Waals surface area (Å²) < 4.78 is 50.6. The molecule has 6 heteroatoms. The Morgan fingerprint density at radius 3 is 2.24 bits per heavy atom. The van der Waals surface area contributed by atoms with Crippen molar-refractivity contribution in [2.75, 3.05) is 0 Å². The van der Waals surface area contributed by atoms with Crippen molar-refractivity contribution in [3.05, 3.63) is 34.6 Å². The van der Waals surface area contributed by atoms with Crippen molar-refractivity contribution in [3.63, 3.8) is 0 Å². The summed E-state index contributed by atoms with van der Waals surface area (Å²) in [6.45, 7) is 1.17. The van der Waals surface area contributed by atoms with Gasteiger partial charge in [0.05, 0.1) is 5.56 Å². The number of aryl methyl sites for hydroxylation is 2. The van der Waals surface area contributed by atoms with Crippen molar-refractivity contribution in [2.45, 2.75) is 32.2 Å². The third-order valence-corrected chi connectivity index (χ3v) is 2.32. The zero-order chi connectivity index (χ0) is 13.2. The van der Waals surface area contributed by atoms with Crippen molar-refractivity contribution in [1.29, 1.82) is 0 Å². The summed E-state index contributed by atoms with van der Waals surface area (Å²) in [6, 6.07) is 1.98. The number of aliphatic hydroxyl groups is 2. The van der Waals surface area contributed by atoms with E-state index in [9.17, 15) is 17.6 Å². The molecule has 0 amide bonds. The van der Waals surface area contributed by atoms with Crippen LogP contribution in [0.3, 0.4) is 0 Å². The molecule has 0 bridgehead atoms. The molecule has 0 aromatic heterocycles. The highest BCUT2D eigenvalue weighted by atomic mass is 19.4. The normalized spacial score (nSPS) is 12.2. The third kappa shape index (κ3) is 3.67. The maximum Gasteiger partial charge on any atom is 0.419 e. The van der Waals surface area contributed by atoms with Crippen molar-refractivity contribution in [3.8, 4) is 0 Å². The number of rotatable bonds is 3. The van der Waals surface area contributed by atoms with E-state index in [-0.39, 0.29) is 18.4 Å². The highest BCUT2D eigenvalue weighted by Gasteiger charge is 2.35. The molecule has 1 aromatic carbocycles. The summed E-state index contributed by atoms with van der Waals surface area (Å²) in [6.07, 6.45) is -6.22. The van der Waals surface area contributed by atoms with E-state index >= 15 is 0 Å². The summed E-state index contributed by atoms with van der Waals surface area (Å²) in [5.74, 6) is -1.33. The van der Waals surface area contributed by atoms with Gasteiger partial charge in [0, 0.05) is 6.42 Å². The molecule has 1 rings (SSSR count). The lowest BCUT2D eigenvalue weighted by Gasteiger charge is -2.13. The van der Waals surface area contributed by atoms with E-state index in [1.54, 1.807) is 0 Å². The first-order chi connectivity index (χ1) is 7.71. The zero-order valence-electron chi connectivity index (χ0n) is 9.05. The van der Waals surface area contributed by atoms with Crippen LogP contribution in [-0.4, -0.2) is 16.5 Å². The Morgan fingerprint density at radius 1 is 1.24 bits per heavy atom. The molecule has 96 valence electrons. The van der Waals surface area contributed by atoms with Crippen molar-refractivity contribution >= 4 is 0 Å². The Bertz CT molecular complexity index is 376. The molecule has 0 saturated carbocycles. The van der Waals surface area contributed by atoms with Gasteiger partial charge in [-0.1, -0.05) is 6.07 Å². The molecule has 0 heterocycles. The van der Waals surface area contributed by atoms with Gasteiger partial charge in [-0.25, -0.2) is 4.39 Å². The number of aliphatic hydroxyl groups excluding tert-OH is 1. The topological polar surface area (TPSA) is 40.5 Å². The predicted molar refractivity (Wildman–Crippen MR) is 52.7 cm³/mol. The number of hydrogen-bond acceptors (Lipinski definition) is 2. The molecule has 0 aliphatic rings. The lowest BCUT2D eigenvalue weighted by atomic mass is 10.0. The van der Waals surface area contributed by atoms with Gasteiger partial charge in [0.1, 0.15) is 5.82 Å². The zero-order valence-corrected chi connectivity index (χ0v) is 9.05. The van der Waals surface area contributed by atoms with Crippen LogP contribution in [0.4, 0.5) is 17.6 Å². The van der Waals surface area contributed by atoms with E-state index in [1.807, 2.05) is 0 Å². The fraction of sp³-hybridized carbons (Fsp3) is 0.455. The largest absolute Gasteiger partial charge is 0.419 e. The van der Waals surface area contributed by atoms with Gasteiger partial charge >= 0.3 is 6.18 Å². The summed E-state index contributed by atoms with van der Waals surface area (Å²) in [7, 11) is 0. The summed E-state index contributed by atoms with van der Waals surface area (Å²) >= 11 is 0. The van der Waals surface area contributed by atoms with Crippen LogP contribution in [-0.2, 0) is 12.6 Å². The molecule has 0 radical (unpaired) electrons. The summed E-state index contributed by atoms with van der Waals surface area (Å²) in [4.78, 5) is 0. The van der Waals surface area contributed by atoms with Gasteiger partial charge in [0.25, 0.3) is 0 Å². The molecule has 2 nitrogen and oxygen atoms in total. The van der Waals surface area contributed by atoms with Crippen LogP contribution in [0.2, 0.25) is 0 Å². The highest BCUT2D eigenvalue weighted by Crippen LogP contribution is 2.34. The van der Waals surface area contributed by atoms with Crippen molar-refractivity contribution in [1.82, 2.24) is 0 Å². The van der Waals surface area contributed by atoms with Gasteiger partial charge in [-0.2, -0.15) is 13.2 Å². The fourth-order valence-electron chi connectivity index (χ4n) is 1.61. The Balaban J connectivity index is 3.02. The first-order valence-corrected chi connectivity index (χ1v) is 4.94. The van der Waals surface area contributed by atoms with Gasteiger partial charge in [0.15, 0.2) is 6.29 Å². The Kier molecular flexibility index (Phi) is 4.11. The molecule has 2 N–H and O–H groups in total. The maximum absolute atomic E-state index is 13.3. The first-order valence-electron chi connectivity index (χ1n) is 4.94. The number of alkyl halides is 3. The van der Waals surface area contributed by atoms with Crippen LogP contribution < -0.4 is 0 Å². The van der Waals surface area contributed by atoms with Crippen LogP contribution >= 0.6 is 0 Å². The predicted octanol–water partition coefficient (Wildman–Crippen LogP) is 2.40. The van der Waals surface area contributed by atoms with E-state index in [4.69, 9.17) is 10.2 Å². The van der Waals surface area contributed by atoms with Crippen LogP contribution in [0.15, 0.2) is 12.1 Å². The molecular weight excluding hydrogens is 240 g/mol. The first kappa shape index (κ1) is 13.9. The van der Waals surface area contributed by atoms with Gasteiger partial charge in [-0.05, 0) is 30.5 Å². The number of halogens is 4. The minimum absolute atomic E-state index is 0.0513. The molecule has 0 aliphatic carbocycles. The second-order valence-electron chi connectivity index (χ2n) is 3.79. The molecule has 0 atom stereocenters. The molecule has 0 unspecified atom stereocenters. The Hall–Kier alpha value is -1.14. The molecule has 1 aromatic rings.